The highest BCUT2D eigenvalue weighted by Gasteiger charge is 2.43. The maximum atomic E-state index is 9.73. The van der Waals surface area contributed by atoms with Crippen LogP contribution in [-0.4, -0.2) is 46.5 Å². The minimum absolute atomic E-state index is 0.279. The van der Waals surface area contributed by atoms with Crippen LogP contribution in [0.2, 0.25) is 0 Å². The number of hydrogen-bond acceptors (Lipinski definition) is 5. The smallest absolute Gasteiger partial charge is 0.184 e. The quantitative estimate of drug-likeness (QED) is 0.670. The van der Waals surface area contributed by atoms with E-state index in [0.29, 0.717) is 0 Å². The Morgan fingerprint density at radius 2 is 1.88 bits per heavy atom. The fourth-order valence-electron chi connectivity index (χ4n) is 1.82. The second-order valence-electron chi connectivity index (χ2n) is 4.00. The molecule has 1 aromatic rings. The van der Waals surface area contributed by atoms with Gasteiger partial charge in [0.2, 0.25) is 0 Å². The maximum Gasteiger partial charge on any atom is 0.184 e. The van der Waals surface area contributed by atoms with E-state index in [0.717, 1.165) is 5.56 Å². The number of aliphatic hydroxyl groups is 3. The molecule has 0 amide bonds. The molecule has 3 N–H and O–H groups in total. The summed E-state index contributed by atoms with van der Waals surface area (Å²) >= 11 is 0. The average molecular weight is 240 g/mol. The van der Waals surface area contributed by atoms with Crippen molar-refractivity contribution in [3.8, 4) is 0 Å². The van der Waals surface area contributed by atoms with E-state index in [1.807, 2.05) is 30.3 Å². The number of aliphatic hydroxyl groups excluding tert-OH is 3. The van der Waals surface area contributed by atoms with Gasteiger partial charge in [0.15, 0.2) is 6.29 Å². The lowest BCUT2D eigenvalue weighted by Gasteiger charge is -2.17. The van der Waals surface area contributed by atoms with Crippen molar-refractivity contribution in [3.05, 3.63) is 35.9 Å². The lowest BCUT2D eigenvalue weighted by Crippen LogP contribution is -2.36. The Balaban J connectivity index is 1.91. The van der Waals surface area contributed by atoms with Gasteiger partial charge in [-0.2, -0.15) is 0 Å². The SMILES string of the molecule is OC[C@H]1O[C@@H](O)[C@H](OCc2ccccc2)[C@@H]1O. The molecule has 1 aliphatic rings. The summed E-state index contributed by atoms with van der Waals surface area (Å²) < 4.78 is 10.4. The average Bonchev–Trinajstić information content (AvgIpc) is 2.63. The zero-order valence-electron chi connectivity index (χ0n) is 9.27. The van der Waals surface area contributed by atoms with E-state index in [1.165, 1.54) is 0 Å². The van der Waals surface area contributed by atoms with Crippen molar-refractivity contribution in [2.75, 3.05) is 6.61 Å². The zero-order valence-corrected chi connectivity index (χ0v) is 9.27. The zero-order chi connectivity index (χ0) is 12.3. The Hall–Kier alpha value is -0.980. The monoisotopic (exact) mass is 240 g/mol. The fourth-order valence-corrected chi connectivity index (χ4v) is 1.82. The number of benzene rings is 1. The van der Waals surface area contributed by atoms with Crippen molar-refractivity contribution in [3.63, 3.8) is 0 Å². The van der Waals surface area contributed by atoms with E-state index < -0.39 is 24.6 Å². The van der Waals surface area contributed by atoms with Gasteiger partial charge < -0.3 is 24.8 Å². The first-order valence-corrected chi connectivity index (χ1v) is 5.50. The molecule has 1 fully saturated rings. The van der Waals surface area contributed by atoms with Crippen LogP contribution >= 0.6 is 0 Å². The third kappa shape index (κ3) is 2.83. The van der Waals surface area contributed by atoms with Crippen molar-refractivity contribution < 1.29 is 24.8 Å². The third-order valence-electron chi connectivity index (χ3n) is 2.78. The first kappa shape index (κ1) is 12.5. The van der Waals surface area contributed by atoms with Crippen molar-refractivity contribution in [1.82, 2.24) is 0 Å². The number of rotatable bonds is 4. The lowest BCUT2D eigenvalue weighted by atomic mass is 10.1. The largest absolute Gasteiger partial charge is 0.394 e. The Morgan fingerprint density at radius 1 is 1.18 bits per heavy atom. The van der Waals surface area contributed by atoms with Gasteiger partial charge in [-0.3, -0.25) is 0 Å². The molecule has 4 atom stereocenters. The van der Waals surface area contributed by atoms with Crippen LogP contribution < -0.4 is 0 Å². The molecule has 17 heavy (non-hydrogen) atoms. The van der Waals surface area contributed by atoms with Gasteiger partial charge in [0.1, 0.15) is 18.3 Å². The van der Waals surface area contributed by atoms with E-state index in [4.69, 9.17) is 14.6 Å². The van der Waals surface area contributed by atoms with Crippen LogP contribution in [0, 0.1) is 0 Å². The topological polar surface area (TPSA) is 79.2 Å². The summed E-state index contributed by atoms with van der Waals surface area (Å²) in [4.78, 5) is 0. The molecule has 0 bridgehead atoms. The minimum Gasteiger partial charge on any atom is -0.394 e. The van der Waals surface area contributed by atoms with E-state index >= 15 is 0 Å². The highest BCUT2D eigenvalue weighted by Crippen LogP contribution is 2.23. The van der Waals surface area contributed by atoms with Crippen LogP contribution in [0.5, 0.6) is 0 Å². The molecule has 1 aliphatic heterocycles. The summed E-state index contributed by atoms with van der Waals surface area (Å²) in [5.41, 5.74) is 0.944. The van der Waals surface area contributed by atoms with Crippen LogP contribution in [0.25, 0.3) is 0 Å². The predicted octanol–water partition coefficient (Wildman–Crippen LogP) is -0.358. The van der Waals surface area contributed by atoms with E-state index in [-0.39, 0.29) is 13.2 Å². The Kier molecular flexibility index (Phi) is 4.09. The highest BCUT2D eigenvalue weighted by atomic mass is 16.7. The lowest BCUT2D eigenvalue weighted by molar-refractivity contribution is -0.150. The Bertz CT molecular complexity index is 342. The second kappa shape index (κ2) is 5.57. The summed E-state index contributed by atoms with van der Waals surface area (Å²) in [6.45, 7) is -0.0649. The van der Waals surface area contributed by atoms with Crippen LogP contribution in [0.3, 0.4) is 0 Å². The normalized spacial score (nSPS) is 32.9. The molecule has 0 unspecified atom stereocenters. The molecule has 0 aliphatic carbocycles. The van der Waals surface area contributed by atoms with Gasteiger partial charge in [-0.15, -0.1) is 0 Å². The molecule has 0 saturated carbocycles. The van der Waals surface area contributed by atoms with Gasteiger partial charge in [-0.05, 0) is 5.56 Å². The van der Waals surface area contributed by atoms with Gasteiger partial charge in [-0.25, -0.2) is 0 Å². The minimum atomic E-state index is -1.20. The highest BCUT2D eigenvalue weighted by molar-refractivity contribution is 5.13. The number of hydrogen-bond donors (Lipinski definition) is 3. The molecular weight excluding hydrogens is 224 g/mol. The molecule has 1 saturated heterocycles. The standard InChI is InChI=1S/C12H16O5/c13-6-9-10(14)11(12(15)17-9)16-7-8-4-2-1-3-5-8/h1-5,9-15H,6-7H2/t9-,10-,11-,12-/m1/s1. The van der Waals surface area contributed by atoms with Gasteiger partial charge in [0.05, 0.1) is 13.2 Å². The van der Waals surface area contributed by atoms with E-state index in [9.17, 15) is 10.2 Å². The summed E-state index contributed by atoms with van der Waals surface area (Å²) in [5.74, 6) is 0. The molecular formula is C12H16O5. The molecule has 5 nitrogen and oxygen atoms in total. The first-order valence-electron chi connectivity index (χ1n) is 5.50. The molecule has 2 rings (SSSR count). The second-order valence-corrected chi connectivity index (χ2v) is 4.00. The van der Waals surface area contributed by atoms with E-state index in [2.05, 4.69) is 0 Å². The molecule has 1 aromatic carbocycles. The molecule has 94 valence electrons. The Morgan fingerprint density at radius 3 is 2.47 bits per heavy atom. The van der Waals surface area contributed by atoms with E-state index in [1.54, 1.807) is 0 Å². The summed E-state index contributed by atoms with van der Waals surface area (Å²) in [6, 6.07) is 9.43. The van der Waals surface area contributed by atoms with Crippen molar-refractivity contribution >= 4 is 0 Å². The van der Waals surface area contributed by atoms with Crippen LogP contribution in [0.1, 0.15) is 5.56 Å². The van der Waals surface area contributed by atoms with Crippen molar-refractivity contribution in [2.24, 2.45) is 0 Å². The van der Waals surface area contributed by atoms with Crippen molar-refractivity contribution in [2.45, 2.75) is 31.2 Å². The van der Waals surface area contributed by atoms with Gasteiger partial charge in [0.25, 0.3) is 0 Å². The molecule has 0 spiro atoms. The summed E-state index contributed by atoms with van der Waals surface area (Å²) in [6.07, 6.45) is -3.83. The molecule has 1 heterocycles. The first-order chi connectivity index (χ1) is 8.22. The van der Waals surface area contributed by atoms with Gasteiger partial charge in [-0.1, -0.05) is 30.3 Å². The van der Waals surface area contributed by atoms with Crippen LogP contribution in [-0.2, 0) is 16.1 Å². The number of ether oxygens (including phenoxy) is 2. The predicted molar refractivity (Wildman–Crippen MR) is 59.0 cm³/mol. The van der Waals surface area contributed by atoms with Crippen LogP contribution in [0.4, 0.5) is 0 Å². The summed E-state index contributed by atoms with van der Waals surface area (Å²) in [7, 11) is 0. The molecule has 5 heteroatoms. The maximum absolute atomic E-state index is 9.73. The molecule has 0 aromatic heterocycles. The summed E-state index contributed by atoms with van der Waals surface area (Å²) in [5, 5.41) is 28.2. The van der Waals surface area contributed by atoms with Gasteiger partial charge in [0, 0.05) is 0 Å². The van der Waals surface area contributed by atoms with Gasteiger partial charge >= 0.3 is 0 Å². The Labute approximate surface area is 99.2 Å². The molecule has 0 radical (unpaired) electrons. The van der Waals surface area contributed by atoms with Crippen LogP contribution in [0.15, 0.2) is 30.3 Å². The van der Waals surface area contributed by atoms with Crippen molar-refractivity contribution in [1.29, 1.82) is 0 Å². The fraction of sp³-hybridized carbons (Fsp3) is 0.500. The third-order valence-corrected chi connectivity index (χ3v) is 2.78.